The summed E-state index contributed by atoms with van der Waals surface area (Å²) in [6.07, 6.45) is 5.26. The summed E-state index contributed by atoms with van der Waals surface area (Å²) in [5.74, 6) is 0.720. The van der Waals surface area contributed by atoms with Crippen LogP contribution in [-0.2, 0) is 6.61 Å². The van der Waals surface area contributed by atoms with Gasteiger partial charge in [-0.1, -0.05) is 11.6 Å². The van der Waals surface area contributed by atoms with Crippen LogP contribution in [0.5, 0.6) is 0 Å². The molecule has 0 aliphatic rings. The number of halogens is 2. The van der Waals surface area contributed by atoms with Gasteiger partial charge >= 0.3 is 0 Å². The number of fused-ring (bicyclic) bond motifs is 1. The molecule has 0 amide bonds. The van der Waals surface area contributed by atoms with Gasteiger partial charge < -0.3 is 5.11 Å². The van der Waals surface area contributed by atoms with Gasteiger partial charge in [-0.05, 0) is 22.0 Å². The predicted octanol–water partition coefficient (Wildman–Crippen LogP) is 3.37. The Kier molecular flexibility index (Phi) is 3.11. The van der Waals surface area contributed by atoms with Crippen molar-refractivity contribution in [2.45, 2.75) is 6.61 Å². The average molecular weight is 345 g/mol. The van der Waals surface area contributed by atoms with Crippen molar-refractivity contribution in [1.82, 2.24) is 14.4 Å². The lowest BCUT2D eigenvalue weighted by molar-refractivity contribution is 0.285. The van der Waals surface area contributed by atoms with E-state index in [-0.39, 0.29) is 6.61 Å². The van der Waals surface area contributed by atoms with Crippen LogP contribution in [0.15, 0.2) is 29.1 Å². The van der Waals surface area contributed by atoms with E-state index in [2.05, 4.69) is 25.9 Å². The molecule has 3 heterocycles. The summed E-state index contributed by atoms with van der Waals surface area (Å²) in [5.41, 5.74) is 0.829. The van der Waals surface area contributed by atoms with Gasteiger partial charge in [0.1, 0.15) is 0 Å². The summed E-state index contributed by atoms with van der Waals surface area (Å²) >= 11 is 11.0. The van der Waals surface area contributed by atoms with Gasteiger partial charge in [-0.3, -0.25) is 4.40 Å². The minimum Gasteiger partial charge on any atom is -0.391 e. The van der Waals surface area contributed by atoms with E-state index >= 15 is 0 Å². The summed E-state index contributed by atoms with van der Waals surface area (Å²) in [6.45, 7) is -0.00851. The molecule has 0 bridgehead atoms. The largest absolute Gasteiger partial charge is 0.391 e. The number of nitrogens with zero attached hydrogens (tertiary/aromatic N) is 3. The molecule has 0 saturated heterocycles. The molecule has 92 valence electrons. The van der Waals surface area contributed by atoms with E-state index in [0.29, 0.717) is 5.02 Å². The zero-order valence-corrected chi connectivity index (χ0v) is 12.1. The highest BCUT2D eigenvalue weighted by molar-refractivity contribution is 9.10. The van der Waals surface area contributed by atoms with Crippen molar-refractivity contribution in [2.75, 3.05) is 0 Å². The number of hydrogen-bond donors (Lipinski definition) is 1. The molecule has 0 fully saturated rings. The summed E-state index contributed by atoms with van der Waals surface area (Å²) in [7, 11) is 0. The lowest BCUT2D eigenvalue weighted by Gasteiger charge is -2.01. The minimum absolute atomic E-state index is 0.00851. The number of imidazole rings is 1. The molecule has 0 radical (unpaired) electrons. The molecular weight excluding hydrogens is 338 g/mol. The molecule has 4 nitrogen and oxygen atoms in total. The second kappa shape index (κ2) is 4.62. The third kappa shape index (κ3) is 1.95. The summed E-state index contributed by atoms with van der Waals surface area (Å²) in [6, 6.07) is 1.82. The molecule has 0 atom stereocenters. The topological polar surface area (TPSA) is 50.4 Å². The summed E-state index contributed by atoms with van der Waals surface area (Å²) < 4.78 is 2.75. The van der Waals surface area contributed by atoms with Crippen LogP contribution in [0.4, 0.5) is 0 Å². The second-order valence-electron chi connectivity index (χ2n) is 3.63. The third-order valence-corrected chi connectivity index (χ3v) is 4.17. The molecule has 0 unspecified atom stereocenters. The van der Waals surface area contributed by atoms with E-state index in [4.69, 9.17) is 16.7 Å². The number of hydrogen-bond acceptors (Lipinski definition) is 4. The van der Waals surface area contributed by atoms with Gasteiger partial charge in [0.05, 0.1) is 28.2 Å². The number of aliphatic hydroxyl groups is 1. The Balaban J connectivity index is 2.23. The quantitative estimate of drug-likeness (QED) is 0.775. The molecule has 18 heavy (non-hydrogen) atoms. The smallest absolute Gasteiger partial charge is 0.173 e. The average Bonchev–Trinajstić information content (AvgIpc) is 2.93. The van der Waals surface area contributed by atoms with Crippen molar-refractivity contribution >= 4 is 44.4 Å². The lowest BCUT2D eigenvalue weighted by Crippen LogP contribution is -1.89. The zero-order valence-electron chi connectivity index (χ0n) is 8.97. The highest BCUT2D eigenvalue weighted by Gasteiger charge is 2.13. The van der Waals surface area contributed by atoms with Crippen molar-refractivity contribution in [2.24, 2.45) is 0 Å². The maximum atomic E-state index is 9.06. The van der Waals surface area contributed by atoms with Crippen LogP contribution in [0.2, 0.25) is 5.02 Å². The maximum absolute atomic E-state index is 9.06. The molecule has 7 heteroatoms. The fourth-order valence-corrected chi connectivity index (χ4v) is 3.25. The van der Waals surface area contributed by atoms with Crippen LogP contribution in [0, 0.1) is 0 Å². The number of aromatic nitrogens is 3. The molecule has 0 aliphatic heterocycles. The molecule has 0 aliphatic carbocycles. The van der Waals surface area contributed by atoms with Crippen molar-refractivity contribution in [3.63, 3.8) is 0 Å². The summed E-state index contributed by atoms with van der Waals surface area (Å²) in [5, 5.41) is 10.4. The number of aliphatic hydroxyl groups excluding tert-OH is 1. The van der Waals surface area contributed by atoms with Gasteiger partial charge in [0.25, 0.3) is 0 Å². The van der Waals surface area contributed by atoms with Crippen molar-refractivity contribution in [3.05, 3.63) is 39.0 Å². The fraction of sp³-hybridized carbons (Fsp3) is 0.0909. The van der Waals surface area contributed by atoms with Crippen LogP contribution >= 0.6 is 38.9 Å². The van der Waals surface area contributed by atoms with Crippen molar-refractivity contribution < 1.29 is 5.11 Å². The zero-order chi connectivity index (χ0) is 12.7. The van der Waals surface area contributed by atoms with E-state index in [0.717, 1.165) is 25.7 Å². The maximum Gasteiger partial charge on any atom is 0.173 e. The number of pyridine rings is 1. The SMILES string of the molecule is OCc1cnc(-c2ncc3c(Cl)cc(Br)cn23)s1. The summed E-state index contributed by atoms with van der Waals surface area (Å²) in [4.78, 5) is 9.40. The molecule has 0 saturated carbocycles. The monoisotopic (exact) mass is 343 g/mol. The van der Waals surface area contributed by atoms with E-state index in [9.17, 15) is 0 Å². The van der Waals surface area contributed by atoms with Crippen LogP contribution in [0.3, 0.4) is 0 Å². The standard InChI is InChI=1S/C11H7BrClN3OS/c12-6-1-8(13)9-3-14-10(16(9)4-6)11-15-2-7(5-17)18-11/h1-4,17H,5H2. The van der Waals surface area contributed by atoms with Gasteiger partial charge in [-0.25, -0.2) is 9.97 Å². The normalized spacial score (nSPS) is 11.3. The first kappa shape index (κ1) is 12.1. The van der Waals surface area contributed by atoms with Crippen LogP contribution in [-0.4, -0.2) is 19.5 Å². The molecule has 0 spiro atoms. The third-order valence-electron chi connectivity index (χ3n) is 2.46. The molecular formula is C11H7BrClN3OS. The van der Waals surface area contributed by atoms with E-state index in [1.165, 1.54) is 11.3 Å². The van der Waals surface area contributed by atoms with Crippen LogP contribution in [0.1, 0.15) is 4.88 Å². The Morgan fingerprint density at radius 1 is 1.39 bits per heavy atom. The number of thiazole rings is 1. The molecule has 3 aromatic rings. The fourth-order valence-electron chi connectivity index (χ4n) is 1.67. The first-order valence-corrected chi connectivity index (χ1v) is 7.06. The molecule has 1 N–H and O–H groups in total. The Hall–Kier alpha value is -0.950. The van der Waals surface area contributed by atoms with Gasteiger partial charge in [-0.15, -0.1) is 11.3 Å². The Bertz CT molecular complexity index is 724. The highest BCUT2D eigenvalue weighted by Crippen LogP contribution is 2.29. The minimum atomic E-state index is -0.00851. The molecule has 0 aromatic carbocycles. The Morgan fingerprint density at radius 3 is 2.94 bits per heavy atom. The van der Waals surface area contributed by atoms with Gasteiger partial charge in [0.2, 0.25) is 0 Å². The molecule has 3 rings (SSSR count). The Labute approximate surface area is 120 Å². The van der Waals surface area contributed by atoms with Crippen molar-refractivity contribution in [3.8, 4) is 10.8 Å². The lowest BCUT2D eigenvalue weighted by atomic mass is 10.4. The Morgan fingerprint density at radius 2 is 2.22 bits per heavy atom. The van der Waals surface area contributed by atoms with E-state index in [1.54, 1.807) is 12.4 Å². The van der Waals surface area contributed by atoms with Crippen molar-refractivity contribution in [1.29, 1.82) is 0 Å². The first-order valence-electron chi connectivity index (χ1n) is 5.07. The van der Waals surface area contributed by atoms with Crippen LogP contribution < -0.4 is 0 Å². The van der Waals surface area contributed by atoms with Gasteiger partial charge in [0.15, 0.2) is 10.8 Å². The highest BCUT2D eigenvalue weighted by atomic mass is 79.9. The van der Waals surface area contributed by atoms with E-state index in [1.807, 2.05) is 16.7 Å². The van der Waals surface area contributed by atoms with Gasteiger partial charge in [0, 0.05) is 16.9 Å². The van der Waals surface area contributed by atoms with Gasteiger partial charge in [-0.2, -0.15) is 0 Å². The molecule has 3 aromatic heterocycles. The predicted molar refractivity (Wildman–Crippen MR) is 74.9 cm³/mol. The van der Waals surface area contributed by atoms with Crippen LogP contribution in [0.25, 0.3) is 16.3 Å². The second-order valence-corrected chi connectivity index (χ2v) is 6.07. The first-order chi connectivity index (χ1) is 8.69. The van der Waals surface area contributed by atoms with E-state index < -0.39 is 0 Å². The number of rotatable bonds is 2.